The molecule has 1 aromatic carbocycles. The third-order valence-electron chi connectivity index (χ3n) is 2.75. The van der Waals surface area contributed by atoms with E-state index in [-0.39, 0.29) is 11.3 Å². The lowest BCUT2D eigenvalue weighted by atomic mass is 10.1. The van der Waals surface area contributed by atoms with Crippen molar-refractivity contribution in [1.29, 1.82) is 0 Å². The molecule has 0 aliphatic heterocycles. The molecule has 6 heteroatoms. The summed E-state index contributed by atoms with van der Waals surface area (Å²) in [5, 5.41) is 19.4. The lowest BCUT2D eigenvalue weighted by Gasteiger charge is -2.09. The van der Waals surface area contributed by atoms with E-state index < -0.39 is 11.9 Å². The first-order valence-electron chi connectivity index (χ1n) is 5.93. The molecule has 0 aliphatic carbocycles. The zero-order chi connectivity index (χ0) is 14.7. The zero-order valence-electron chi connectivity index (χ0n) is 11.0. The van der Waals surface area contributed by atoms with Crippen molar-refractivity contribution in [2.45, 2.75) is 13.8 Å². The maximum absolute atomic E-state index is 12.2. The van der Waals surface area contributed by atoms with Crippen LogP contribution in [0.25, 0.3) is 0 Å². The number of hydrogen-bond acceptors (Lipinski definition) is 4. The van der Waals surface area contributed by atoms with Crippen LogP contribution >= 0.6 is 0 Å². The molecule has 1 aromatic heterocycles. The fourth-order valence-corrected chi connectivity index (χ4v) is 1.75. The van der Waals surface area contributed by atoms with Crippen LogP contribution < -0.4 is 5.32 Å². The molecule has 6 nitrogen and oxygen atoms in total. The number of aryl methyl sites for hydroxylation is 2. The normalized spacial score (nSPS) is 10.1. The first kappa shape index (κ1) is 13.7. The summed E-state index contributed by atoms with van der Waals surface area (Å²) in [5.41, 5.74) is 1.77. The Morgan fingerprint density at radius 2 is 1.80 bits per heavy atom. The number of nitrogens with zero attached hydrogens (tertiary/aromatic N) is 2. The molecule has 2 aromatic rings. The fourth-order valence-electron chi connectivity index (χ4n) is 1.75. The largest absolute Gasteiger partial charge is 0.478 e. The summed E-state index contributed by atoms with van der Waals surface area (Å²) in [7, 11) is 0. The highest BCUT2D eigenvalue weighted by atomic mass is 16.4. The Labute approximate surface area is 115 Å². The zero-order valence-corrected chi connectivity index (χ0v) is 11.0. The van der Waals surface area contributed by atoms with Crippen molar-refractivity contribution in [2.24, 2.45) is 0 Å². The predicted octanol–water partition coefficient (Wildman–Crippen LogP) is 2.04. The van der Waals surface area contributed by atoms with Crippen LogP contribution in [-0.2, 0) is 0 Å². The number of para-hydroxylation sites is 1. The Balaban J connectivity index is 2.33. The SMILES string of the molecule is Cc1cc(C(=O)Nc2ccccc2C(=O)O)c(C)nn1. The van der Waals surface area contributed by atoms with Gasteiger partial charge in [-0.15, -0.1) is 0 Å². The number of carboxylic acid groups (broad SMARTS) is 1. The summed E-state index contributed by atoms with van der Waals surface area (Å²) in [5.74, 6) is -1.50. The number of aromatic nitrogens is 2. The molecule has 2 rings (SSSR count). The molecular weight excluding hydrogens is 258 g/mol. The van der Waals surface area contributed by atoms with Gasteiger partial charge in [0.1, 0.15) is 0 Å². The molecule has 0 atom stereocenters. The maximum Gasteiger partial charge on any atom is 0.337 e. The van der Waals surface area contributed by atoms with Crippen molar-refractivity contribution >= 4 is 17.6 Å². The molecule has 0 saturated carbocycles. The highest BCUT2D eigenvalue weighted by Gasteiger charge is 2.15. The van der Waals surface area contributed by atoms with Crippen LogP contribution in [0.4, 0.5) is 5.69 Å². The van der Waals surface area contributed by atoms with Crippen LogP contribution in [0.5, 0.6) is 0 Å². The average Bonchev–Trinajstić information content (AvgIpc) is 2.41. The second kappa shape index (κ2) is 5.48. The predicted molar refractivity (Wildman–Crippen MR) is 72.9 cm³/mol. The summed E-state index contributed by atoms with van der Waals surface area (Å²) in [6.45, 7) is 3.40. The summed E-state index contributed by atoms with van der Waals surface area (Å²) in [4.78, 5) is 23.3. The Morgan fingerprint density at radius 1 is 1.10 bits per heavy atom. The molecule has 1 heterocycles. The lowest BCUT2D eigenvalue weighted by molar-refractivity contribution is 0.0698. The maximum atomic E-state index is 12.2. The van der Waals surface area contributed by atoms with Gasteiger partial charge in [-0.1, -0.05) is 12.1 Å². The van der Waals surface area contributed by atoms with Gasteiger partial charge in [0.2, 0.25) is 0 Å². The van der Waals surface area contributed by atoms with Crippen molar-refractivity contribution in [2.75, 3.05) is 5.32 Å². The van der Waals surface area contributed by atoms with Crippen LogP contribution in [0, 0.1) is 13.8 Å². The highest BCUT2D eigenvalue weighted by molar-refractivity contribution is 6.08. The second-order valence-corrected chi connectivity index (χ2v) is 4.29. The van der Waals surface area contributed by atoms with E-state index in [1.54, 1.807) is 32.0 Å². The van der Waals surface area contributed by atoms with Gasteiger partial charge in [0.15, 0.2) is 0 Å². The minimum absolute atomic E-state index is 0.0391. The lowest BCUT2D eigenvalue weighted by Crippen LogP contribution is -2.17. The number of carboxylic acids is 1. The van der Waals surface area contributed by atoms with Gasteiger partial charge >= 0.3 is 5.97 Å². The fraction of sp³-hybridized carbons (Fsp3) is 0.143. The number of nitrogens with one attached hydrogen (secondary N) is 1. The number of amides is 1. The van der Waals surface area contributed by atoms with Crippen molar-refractivity contribution in [3.8, 4) is 0 Å². The second-order valence-electron chi connectivity index (χ2n) is 4.29. The van der Waals surface area contributed by atoms with Gasteiger partial charge in [0.05, 0.1) is 28.2 Å². The van der Waals surface area contributed by atoms with E-state index in [4.69, 9.17) is 5.11 Å². The number of hydrogen-bond donors (Lipinski definition) is 2. The highest BCUT2D eigenvalue weighted by Crippen LogP contribution is 2.17. The number of carbonyl (C=O) groups excluding carboxylic acids is 1. The van der Waals surface area contributed by atoms with Crippen molar-refractivity contribution < 1.29 is 14.7 Å². The van der Waals surface area contributed by atoms with Crippen molar-refractivity contribution in [3.05, 3.63) is 52.8 Å². The minimum Gasteiger partial charge on any atom is -0.478 e. The Kier molecular flexibility index (Phi) is 3.74. The monoisotopic (exact) mass is 271 g/mol. The number of anilines is 1. The molecule has 0 unspecified atom stereocenters. The molecule has 2 N–H and O–H groups in total. The van der Waals surface area contributed by atoms with Gasteiger partial charge in [-0.3, -0.25) is 4.79 Å². The summed E-state index contributed by atoms with van der Waals surface area (Å²) >= 11 is 0. The Hall–Kier alpha value is -2.76. The Bertz CT molecular complexity index is 683. The van der Waals surface area contributed by atoms with Gasteiger partial charge in [-0.2, -0.15) is 10.2 Å². The number of rotatable bonds is 3. The summed E-state index contributed by atoms with van der Waals surface area (Å²) in [6, 6.07) is 7.84. The van der Waals surface area contributed by atoms with Crippen molar-refractivity contribution in [3.63, 3.8) is 0 Å². The molecule has 0 fully saturated rings. The molecule has 0 bridgehead atoms. The minimum atomic E-state index is -1.10. The third kappa shape index (κ3) is 2.80. The van der Waals surface area contributed by atoms with Crippen LogP contribution in [0.3, 0.4) is 0 Å². The third-order valence-corrected chi connectivity index (χ3v) is 2.75. The van der Waals surface area contributed by atoms with E-state index in [0.29, 0.717) is 17.0 Å². The molecule has 102 valence electrons. The van der Waals surface area contributed by atoms with Crippen LogP contribution in [0.1, 0.15) is 32.1 Å². The first-order chi connectivity index (χ1) is 9.49. The molecule has 0 aliphatic rings. The molecule has 0 spiro atoms. The molecule has 1 amide bonds. The van der Waals surface area contributed by atoms with E-state index in [1.165, 1.54) is 12.1 Å². The van der Waals surface area contributed by atoms with E-state index in [9.17, 15) is 9.59 Å². The summed E-state index contributed by atoms with van der Waals surface area (Å²) in [6.07, 6.45) is 0. The van der Waals surface area contributed by atoms with Gasteiger partial charge < -0.3 is 10.4 Å². The van der Waals surface area contributed by atoms with Crippen LogP contribution in [-0.4, -0.2) is 27.2 Å². The van der Waals surface area contributed by atoms with E-state index in [1.807, 2.05) is 0 Å². The number of carbonyl (C=O) groups is 2. The number of benzene rings is 1. The van der Waals surface area contributed by atoms with Gasteiger partial charge in [-0.05, 0) is 32.0 Å². The average molecular weight is 271 g/mol. The standard InChI is InChI=1S/C14H13N3O3/c1-8-7-11(9(2)17-16-8)13(18)15-12-6-4-3-5-10(12)14(19)20/h3-7H,1-2H3,(H,15,18)(H,19,20). The van der Waals surface area contributed by atoms with Gasteiger partial charge in [0, 0.05) is 0 Å². The Morgan fingerprint density at radius 3 is 2.50 bits per heavy atom. The van der Waals surface area contributed by atoms with E-state index in [0.717, 1.165) is 0 Å². The topological polar surface area (TPSA) is 92.2 Å². The molecular formula is C14H13N3O3. The van der Waals surface area contributed by atoms with Crippen molar-refractivity contribution in [1.82, 2.24) is 10.2 Å². The summed E-state index contributed by atoms with van der Waals surface area (Å²) < 4.78 is 0. The van der Waals surface area contributed by atoms with Crippen LogP contribution in [0.2, 0.25) is 0 Å². The molecule has 0 radical (unpaired) electrons. The smallest absolute Gasteiger partial charge is 0.337 e. The molecule has 20 heavy (non-hydrogen) atoms. The van der Waals surface area contributed by atoms with Gasteiger partial charge in [0.25, 0.3) is 5.91 Å². The first-order valence-corrected chi connectivity index (χ1v) is 5.93. The van der Waals surface area contributed by atoms with Crippen LogP contribution in [0.15, 0.2) is 30.3 Å². The quantitative estimate of drug-likeness (QED) is 0.891. The van der Waals surface area contributed by atoms with E-state index in [2.05, 4.69) is 15.5 Å². The van der Waals surface area contributed by atoms with Gasteiger partial charge in [-0.25, -0.2) is 4.79 Å². The van der Waals surface area contributed by atoms with E-state index >= 15 is 0 Å². The molecule has 0 saturated heterocycles. The number of aromatic carboxylic acids is 1.